The highest BCUT2D eigenvalue weighted by Crippen LogP contribution is 2.40. The maximum atomic E-state index is 12.6. The van der Waals surface area contributed by atoms with E-state index in [9.17, 15) is 8.42 Å². The molecule has 2 aliphatic carbocycles. The molecule has 0 aromatic heterocycles. The highest BCUT2D eigenvalue weighted by molar-refractivity contribution is 7.90. The molecule has 5 rings (SSSR count). The summed E-state index contributed by atoms with van der Waals surface area (Å²) in [6, 6.07) is 8.40. The zero-order valence-electron chi connectivity index (χ0n) is 17.7. The second-order valence-electron chi connectivity index (χ2n) is 9.33. The Kier molecular flexibility index (Phi) is 6.52. The number of ether oxygens (including phenoxy) is 2. The van der Waals surface area contributed by atoms with Crippen LogP contribution in [0.1, 0.15) is 70.3 Å². The van der Waals surface area contributed by atoms with Crippen molar-refractivity contribution in [1.82, 2.24) is 4.72 Å². The monoisotopic (exact) mass is 421 g/mol. The van der Waals surface area contributed by atoms with Gasteiger partial charge in [0.1, 0.15) is 5.75 Å². The lowest BCUT2D eigenvalue weighted by Gasteiger charge is -2.40. The molecule has 2 fully saturated rings. The predicted octanol–water partition coefficient (Wildman–Crippen LogP) is 4.23. The van der Waals surface area contributed by atoms with E-state index in [1.807, 2.05) is 0 Å². The number of fused-ring (bicyclic) bond motifs is 4. The maximum Gasteiger partial charge on any atom is 0.214 e. The van der Waals surface area contributed by atoms with Crippen molar-refractivity contribution in [1.29, 1.82) is 0 Å². The molecule has 162 valence electrons. The van der Waals surface area contributed by atoms with E-state index < -0.39 is 15.3 Å². The van der Waals surface area contributed by atoms with Gasteiger partial charge in [0.05, 0.1) is 24.6 Å². The summed E-state index contributed by atoms with van der Waals surface area (Å²) in [5.74, 6) is 2.02. The number of rotatable bonds is 3. The fourth-order valence-corrected chi connectivity index (χ4v) is 6.23. The summed E-state index contributed by atoms with van der Waals surface area (Å²) in [7, 11) is -3.31. The second-order valence-corrected chi connectivity index (χ2v) is 11.6. The highest BCUT2D eigenvalue weighted by atomic mass is 32.2. The van der Waals surface area contributed by atoms with Crippen molar-refractivity contribution < 1.29 is 17.9 Å². The SMILES string of the molecule is CC(C)S(=O)(=O)N[C@H]1CCCC2COc3ccccc3C3CCC(CC3)OC[C@H]21. The quantitative estimate of drug-likeness (QED) is 0.793. The van der Waals surface area contributed by atoms with Crippen LogP contribution in [0.5, 0.6) is 5.75 Å². The third-order valence-electron chi connectivity index (χ3n) is 7.16. The lowest BCUT2D eigenvalue weighted by atomic mass is 9.76. The van der Waals surface area contributed by atoms with E-state index in [4.69, 9.17) is 9.47 Å². The molecule has 0 saturated heterocycles. The Hall–Kier alpha value is -1.11. The van der Waals surface area contributed by atoms with Gasteiger partial charge in [0.2, 0.25) is 10.0 Å². The van der Waals surface area contributed by atoms with Crippen LogP contribution in [-0.2, 0) is 14.8 Å². The average molecular weight is 422 g/mol. The molecule has 0 amide bonds. The average Bonchev–Trinajstić information content (AvgIpc) is 2.71. The minimum absolute atomic E-state index is 0.0701. The van der Waals surface area contributed by atoms with Crippen molar-refractivity contribution >= 4 is 10.0 Å². The van der Waals surface area contributed by atoms with Crippen molar-refractivity contribution in [3.8, 4) is 5.75 Å². The molecule has 6 heteroatoms. The topological polar surface area (TPSA) is 64.6 Å². The Bertz CT molecular complexity index is 786. The van der Waals surface area contributed by atoms with Gasteiger partial charge >= 0.3 is 0 Å². The Morgan fingerprint density at radius 3 is 2.52 bits per heavy atom. The summed E-state index contributed by atoms with van der Waals surface area (Å²) in [5, 5.41) is -0.423. The Morgan fingerprint density at radius 2 is 1.76 bits per heavy atom. The summed E-state index contributed by atoms with van der Waals surface area (Å²) in [5.41, 5.74) is 1.33. The zero-order valence-corrected chi connectivity index (χ0v) is 18.5. The molecule has 0 radical (unpaired) electrons. The van der Waals surface area contributed by atoms with Gasteiger partial charge in [-0.25, -0.2) is 13.1 Å². The van der Waals surface area contributed by atoms with Gasteiger partial charge in [-0.3, -0.25) is 0 Å². The first-order chi connectivity index (χ1) is 13.9. The van der Waals surface area contributed by atoms with Gasteiger partial charge in [0.15, 0.2) is 0 Å². The summed E-state index contributed by atoms with van der Waals surface area (Å²) < 4.78 is 40.9. The number of nitrogens with one attached hydrogen (secondary N) is 1. The van der Waals surface area contributed by atoms with Gasteiger partial charge < -0.3 is 9.47 Å². The summed E-state index contributed by atoms with van der Waals surface area (Å²) >= 11 is 0. The zero-order chi connectivity index (χ0) is 20.4. The maximum absolute atomic E-state index is 12.6. The van der Waals surface area contributed by atoms with Crippen LogP contribution in [0.2, 0.25) is 0 Å². The van der Waals surface area contributed by atoms with Crippen LogP contribution in [-0.4, -0.2) is 39.0 Å². The molecule has 4 aliphatic rings. The smallest absolute Gasteiger partial charge is 0.214 e. The van der Waals surface area contributed by atoms with Crippen LogP contribution >= 0.6 is 0 Å². The van der Waals surface area contributed by atoms with Crippen LogP contribution in [0.15, 0.2) is 24.3 Å². The first kappa shape index (κ1) is 21.1. The van der Waals surface area contributed by atoms with Gasteiger partial charge in [-0.2, -0.15) is 0 Å². The van der Waals surface area contributed by atoms with E-state index in [1.54, 1.807) is 13.8 Å². The number of hydrogen-bond acceptors (Lipinski definition) is 4. The number of hydrogen-bond donors (Lipinski definition) is 1. The lowest BCUT2D eigenvalue weighted by Crippen LogP contribution is -2.50. The Balaban J connectivity index is 1.58. The van der Waals surface area contributed by atoms with E-state index in [-0.39, 0.29) is 12.0 Å². The van der Waals surface area contributed by atoms with Crippen LogP contribution in [0.3, 0.4) is 0 Å². The predicted molar refractivity (Wildman–Crippen MR) is 115 cm³/mol. The molecular weight excluding hydrogens is 386 g/mol. The fourth-order valence-electron chi connectivity index (χ4n) is 5.24. The molecule has 29 heavy (non-hydrogen) atoms. The molecule has 2 bridgehead atoms. The van der Waals surface area contributed by atoms with E-state index in [0.29, 0.717) is 31.2 Å². The molecule has 2 saturated carbocycles. The third-order valence-corrected chi connectivity index (χ3v) is 9.03. The number of para-hydroxylation sites is 1. The molecule has 1 unspecified atom stereocenters. The molecule has 1 N–H and O–H groups in total. The molecule has 2 aliphatic heterocycles. The molecular formula is C23H35NO4S. The molecule has 5 nitrogen and oxygen atoms in total. The molecule has 2 heterocycles. The van der Waals surface area contributed by atoms with Crippen LogP contribution in [0.25, 0.3) is 0 Å². The van der Waals surface area contributed by atoms with Gasteiger partial charge in [0.25, 0.3) is 0 Å². The minimum Gasteiger partial charge on any atom is -0.493 e. The van der Waals surface area contributed by atoms with E-state index >= 15 is 0 Å². The summed E-state index contributed by atoms with van der Waals surface area (Å²) in [4.78, 5) is 0. The van der Waals surface area contributed by atoms with Crippen molar-refractivity contribution in [2.45, 2.75) is 82.1 Å². The standard InChI is InChI=1S/C23H35NO4S/c1-16(2)29(25,26)24-22-8-5-6-18-14-28-23-9-4-3-7-20(23)17-10-12-19(13-11-17)27-15-21(18)22/h3-4,7,9,16-19,21-22,24H,5-6,8,10-15H2,1-2H3/t17?,18?,19?,21-,22+/m1/s1. The normalized spacial score (nSPS) is 33.1. The van der Waals surface area contributed by atoms with E-state index in [0.717, 1.165) is 50.7 Å². The Morgan fingerprint density at radius 1 is 1.00 bits per heavy atom. The van der Waals surface area contributed by atoms with E-state index in [1.165, 1.54) is 5.56 Å². The van der Waals surface area contributed by atoms with Gasteiger partial charge in [0, 0.05) is 12.0 Å². The molecule has 1 aromatic carbocycles. The largest absolute Gasteiger partial charge is 0.493 e. The molecule has 1 aromatic rings. The van der Waals surface area contributed by atoms with Crippen LogP contribution < -0.4 is 9.46 Å². The molecule has 0 spiro atoms. The first-order valence-electron chi connectivity index (χ1n) is 11.3. The minimum atomic E-state index is -3.31. The van der Waals surface area contributed by atoms with Gasteiger partial charge in [-0.05, 0) is 75.8 Å². The summed E-state index contributed by atoms with van der Waals surface area (Å²) in [6.07, 6.45) is 7.64. The van der Waals surface area contributed by atoms with Crippen LogP contribution in [0.4, 0.5) is 0 Å². The van der Waals surface area contributed by atoms with Crippen molar-refractivity contribution in [2.75, 3.05) is 13.2 Å². The van der Waals surface area contributed by atoms with Crippen molar-refractivity contribution in [3.63, 3.8) is 0 Å². The summed E-state index contributed by atoms with van der Waals surface area (Å²) in [6.45, 7) is 4.72. The van der Waals surface area contributed by atoms with Gasteiger partial charge in [-0.1, -0.05) is 24.6 Å². The van der Waals surface area contributed by atoms with Crippen LogP contribution in [0, 0.1) is 11.8 Å². The third kappa shape index (κ3) is 4.80. The lowest BCUT2D eigenvalue weighted by molar-refractivity contribution is -0.0298. The van der Waals surface area contributed by atoms with Crippen molar-refractivity contribution in [3.05, 3.63) is 29.8 Å². The Labute approximate surface area is 175 Å². The second kappa shape index (κ2) is 8.94. The number of benzene rings is 1. The highest BCUT2D eigenvalue weighted by Gasteiger charge is 2.38. The molecule has 3 atom stereocenters. The number of sulfonamides is 1. The first-order valence-corrected chi connectivity index (χ1v) is 12.8. The van der Waals surface area contributed by atoms with E-state index in [2.05, 4.69) is 29.0 Å². The fraction of sp³-hybridized carbons (Fsp3) is 0.739. The van der Waals surface area contributed by atoms with Crippen molar-refractivity contribution in [2.24, 2.45) is 11.8 Å². The van der Waals surface area contributed by atoms with Gasteiger partial charge in [-0.15, -0.1) is 0 Å².